The Balaban J connectivity index is 0.974. The highest BCUT2D eigenvalue weighted by atomic mass is 16.5. The molecule has 17 nitrogen and oxygen atoms in total. The summed E-state index contributed by atoms with van der Waals surface area (Å²) in [6.45, 7) is 3.42. The summed E-state index contributed by atoms with van der Waals surface area (Å²) in [5.41, 5.74) is 6.85. The van der Waals surface area contributed by atoms with E-state index in [0.717, 1.165) is 68.3 Å². The van der Waals surface area contributed by atoms with E-state index in [-0.39, 0.29) is 23.8 Å². The topological polar surface area (TPSA) is 213 Å². The highest BCUT2D eigenvalue weighted by Gasteiger charge is 2.42. The normalized spacial score (nSPS) is 19.4. The molecule has 6 aromatic rings. The van der Waals surface area contributed by atoms with E-state index in [2.05, 4.69) is 38.8 Å². The molecule has 3 aliphatic heterocycles. The van der Waals surface area contributed by atoms with Gasteiger partial charge in [0.05, 0.1) is 54.8 Å². The van der Waals surface area contributed by atoms with E-state index in [1.807, 2.05) is 30.3 Å². The Morgan fingerprint density at radius 3 is 2.52 bits per heavy atom. The molecule has 3 aliphatic rings. The number of nitrogens with one attached hydrogen (secondary N) is 4. The molecule has 0 saturated carbocycles. The number of H-pyrrole nitrogens is 2. The monoisotopic (exact) mass is 870 g/mol. The van der Waals surface area contributed by atoms with Gasteiger partial charge in [-0.25, -0.2) is 19.6 Å². The number of nitrogens with zero attached hydrogens (tertiary/aromatic N) is 4. The van der Waals surface area contributed by atoms with Crippen LogP contribution in [0.5, 0.6) is 5.75 Å². The summed E-state index contributed by atoms with van der Waals surface area (Å²) >= 11 is 0. The molecule has 2 aromatic heterocycles. The van der Waals surface area contributed by atoms with Crippen LogP contribution in [0.1, 0.15) is 67.1 Å². The van der Waals surface area contributed by atoms with Gasteiger partial charge in [-0.05, 0) is 78.1 Å². The molecule has 0 radical (unpaired) electrons. The number of aromatic amines is 2. The van der Waals surface area contributed by atoms with Crippen molar-refractivity contribution in [2.45, 2.75) is 63.1 Å². The number of rotatable bonds is 12. The number of imidazole rings is 2. The maximum atomic E-state index is 14.2. The molecule has 0 aliphatic carbocycles. The number of hydrogen-bond donors (Lipinski definition) is 5. The van der Waals surface area contributed by atoms with E-state index in [9.17, 15) is 24.3 Å². The van der Waals surface area contributed by atoms with E-state index in [1.54, 1.807) is 54.3 Å². The van der Waals surface area contributed by atoms with Crippen LogP contribution in [0.15, 0.2) is 79.0 Å². The molecule has 9 rings (SSSR count). The quantitative estimate of drug-likeness (QED) is 0.0880. The number of hydrogen-bond acceptors (Lipinski definition) is 10. The first-order valence-corrected chi connectivity index (χ1v) is 21.3. The number of likely N-dealkylation sites (tertiary alicyclic amines) is 2. The molecule has 6 atom stereocenters. The first kappa shape index (κ1) is 42.3. The number of carbonyl (C=O) groups is 4. The van der Waals surface area contributed by atoms with Crippen molar-refractivity contribution >= 4 is 45.8 Å². The molecule has 2 saturated heterocycles. The van der Waals surface area contributed by atoms with E-state index in [1.165, 1.54) is 14.2 Å². The zero-order chi connectivity index (χ0) is 44.6. The summed E-state index contributed by atoms with van der Waals surface area (Å²) < 4.78 is 22.1. The van der Waals surface area contributed by atoms with E-state index in [0.29, 0.717) is 49.9 Å². The van der Waals surface area contributed by atoms with Gasteiger partial charge in [-0.3, -0.25) is 9.59 Å². The van der Waals surface area contributed by atoms with Crippen LogP contribution in [0.3, 0.4) is 0 Å². The third kappa shape index (κ3) is 7.96. The van der Waals surface area contributed by atoms with Gasteiger partial charge in [-0.15, -0.1) is 0 Å². The second kappa shape index (κ2) is 17.7. The first-order chi connectivity index (χ1) is 31.0. The van der Waals surface area contributed by atoms with Gasteiger partial charge in [-0.2, -0.15) is 0 Å². The SMILES string of the molecule is COC[C@H]1C[C@@H](c2nc3ccc4cc5c(cc4c3[nH]2)OCc2cc(-c3cnc([C@@H]4CCCN4C(=O)[C@@H](NC(=O)OC)[C@@H](C)OC)[nH]3)ccc2-5)N(C(=O)[C@H](NC(=O)O)c2ccccc2)C1. The van der Waals surface area contributed by atoms with Crippen molar-refractivity contribution in [1.82, 2.24) is 40.4 Å². The van der Waals surface area contributed by atoms with Crippen molar-refractivity contribution < 1.29 is 43.2 Å². The predicted molar refractivity (Wildman–Crippen MR) is 235 cm³/mol. The number of aromatic nitrogens is 4. The maximum absolute atomic E-state index is 14.2. The van der Waals surface area contributed by atoms with E-state index >= 15 is 0 Å². The first-order valence-electron chi connectivity index (χ1n) is 21.3. The number of alkyl carbamates (subject to hydrolysis) is 1. The molecule has 332 valence electrons. The van der Waals surface area contributed by atoms with Crippen LogP contribution in [0.25, 0.3) is 44.2 Å². The lowest BCUT2D eigenvalue weighted by molar-refractivity contribution is -0.137. The summed E-state index contributed by atoms with van der Waals surface area (Å²) in [5.74, 6) is 1.41. The number of carboxylic acid groups (broad SMARTS) is 1. The Hall–Kier alpha value is -6.98. The van der Waals surface area contributed by atoms with Gasteiger partial charge in [0.1, 0.15) is 36.1 Å². The van der Waals surface area contributed by atoms with Crippen molar-refractivity contribution in [2.75, 3.05) is 41.0 Å². The Morgan fingerprint density at radius 2 is 1.75 bits per heavy atom. The molecule has 2 fully saturated rings. The minimum absolute atomic E-state index is 0.0244. The fraction of sp³-hybridized carbons (Fsp3) is 0.362. The summed E-state index contributed by atoms with van der Waals surface area (Å²) in [5, 5.41) is 16.7. The summed E-state index contributed by atoms with van der Waals surface area (Å²) in [6.07, 6.45) is 1.30. The predicted octanol–water partition coefficient (Wildman–Crippen LogP) is 6.63. The number of benzene rings is 4. The van der Waals surface area contributed by atoms with Crippen molar-refractivity contribution in [3.05, 3.63) is 102 Å². The van der Waals surface area contributed by atoms with Gasteiger partial charge in [0.15, 0.2) is 0 Å². The lowest BCUT2D eigenvalue weighted by atomic mass is 9.92. The minimum atomic E-state index is -1.29. The summed E-state index contributed by atoms with van der Waals surface area (Å²) in [4.78, 5) is 72.2. The lowest BCUT2D eigenvalue weighted by Gasteiger charge is -2.30. The van der Waals surface area contributed by atoms with Crippen molar-refractivity contribution in [1.29, 1.82) is 0 Å². The molecular weight excluding hydrogens is 821 g/mol. The van der Waals surface area contributed by atoms with Crippen molar-refractivity contribution in [2.24, 2.45) is 5.92 Å². The molecule has 5 N–H and O–H groups in total. The van der Waals surface area contributed by atoms with E-state index in [4.69, 9.17) is 28.9 Å². The zero-order valence-electron chi connectivity index (χ0n) is 35.9. The van der Waals surface area contributed by atoms with Crippen LogP contribution in [0.4, 0.5) is 9.59 Å². The molecule has 5 heterocycles. The van der Waals surface area contributed by atoms with Gasteiger partial charge in [0, 0.05) is 44.2 Å². The standard InChI is InChI=1S/C47H50N8O9/c1-25(62-3)39(53-47(60)63-4)44(56)54-16-8-11-36(54)42-48-21-35(50-42)29-12-14-31-30(18-29)24-64-38-20-32-28(19-33(31)38)13-15-34-41(32)51-43(49-34)37-17-26(23-61-2)22-55(37)45(57)40(52-46(58)59)27-9-6-5-7-10-27/h5-7,9-10,12-15,18-21,25-26,36-37,39-40,52H,8,11,16-17,22-24H2,1-4H3,(H,48,50)(H,49,51)(H,53,60)(H,58,59)/t25-,26+,36+,37+,39+,40-/m1/s1. The van der Waals surface area contributed by atoms with Gasteiger partial charge in [0.25, 0.3) is 5.91 Å². The highest BCUT2D eigenvalue weighted by Crippen LogP contribution is 2.44. The van der Waals surface area contributed by atoms with Gasteiger partial charge >= 0.3 is 12.2 Å². The lowest BCUT2D eigenvalue weighted by Crippen LogP contribution is -2.54. The fourth-order valence-electron chi connectivity index (χ4n) is 9.49. The maximum Gasteiger partial charge on any atom is 0.407 e. The second-order valence-corrected chi connectivity index (χ2v) is 16.6. The highest BCUT2D eigenvalue weighted by molar-refractivity contribution is 6.07. The molecular formula is C47H50N8O9. The smallest absolute Gasteiger partial charge is 0.407 e. The number of fused-ring (bicyclic) bond motifs is 6. The Bertz CT molecular complexity index is 2740. The number of ether oxygens (including phenoxy) is 4. The Labute approximate surface area is 368 Å². The van der Waals surface area contributed by atoms with Gasteiger partial charge in [0.2, 0.25) is 5.91 Å². The fourth-order valence-corrected chi connectivity index (χ4v) is 9.49. The van der Waals surface area contributed by atoms with Crippen LogP contribution < -0.4 is 15.4 Å². The number of methoxy groups -OCH3 is 3. The largest absolute Gasteiger partial charge is 0.488 e. The van der Waals surface area contributed by atoms with Crippen LogP contribution in [0.2, 0.25) is 0 Å². The Morgan fingerprint density at radius 1 is 0.922 bits per heavy atom. The van der Waals surface area contributed by atoms with Crippen LogP contribution in [0, 0.1) is 5.92 Å². The van der Waals surface area contributed by atoms with E-state index < -0.39 is 36.4 Å². The van der Waals surface area contributed by atoms with Gasteiger partial charge in [-0.1, -0.05) is 48.5 Å². The summed E-state index contributed by atoms with van der Waals surface area (Å²) in [7, 11) is 4.38. The van der Waals surface area contributed by atoms with Crippen LogP contribution in [-0.2, 0) is 30.4 Å². The van der Waals surface area contributed by atoms with Crippen LogP contribution >= 0.6 is 0 Å². The van der Waals surface area contributed by atoms with Crippen LogP contribution in [-0.4, -0.2) is 112 Å². The molecule has 0 bridgehead atoms. The van der Waals surface area contributed by atoms with Crippen molar-refractivity contribution in [3.8, 4) is 28.1 Å². The second-order valence-electron chi connectivity index (χ2n) is 16.6. The average Bonchev–Trinajstić information content (AvgIpc) is 4.15. The summed E-state index contributed by atoms with van der Waals surface area (Å²) in [6, 6.07) is 20.5. The average molecular weight is 871 g/mol. The number of amides is 4. The third-order valence-electron chi connectivity index (χ3n) is 12.7. The molecule has 4 amide bonds. The third-order valence-corrected chi connectivity index (χ3v) is 12.7. The van der Waals surface area contributed by atoms with Crippen molar-refractivity contribution in [3.63, 3.8) is 0 Å². The number of carbonyl (C=O) groups excluding carboxylic acids is 3. The molecule has 4 aromatic carbocycles. The molecule has 0 unspecified atom stereocenters. The zero-order valence-corrected chi connectivity index (χ0v) is 35.9. The van der Waals surface area contributed by atoms with Gasteiger partial charge < -0.3 is 54.5 Å². The molecule has 17 heteroatoms. The molecule has 0 spiro atoms. The minimum Gasteiger partial charge on any atom is -0.488 e. The molecule has 64 heavy (non-hydrogen) atoms. The Kier molecular flexibility index (Phi) is 11.7.